The van der Waals surface area contributed by atoms with Gasteiger partial charge in [0.1, 0.15) is 11.9 Å². The maximum Gasteiger partial charge on any atom is 0.259 e. The SMILES string of the molecule is C=C(N[C@H](C(=O)N(C)[C@H](/C=C(\C)C(N)=NS(=O)(=O)Cc1ccccc1C)C(C)C)C(C)(C)C)[C@@H](N(C)C)C(C)(C)c1ccccc1. The highest BCUT2D eigenvalue weighted by atomic mass is 32.2. The molecule has 0 heterocycles. The molecule has 9 heteroatoms. The molecule has 0 saturated heterocycles. The van der Waals surface area contributed by atoms with Crippen molar-refractivity contribution in [1.29, 1.82) is 0 Å². The molecule has 0 aliphatic rings. The molecular formula is C37H57N5O3S. The molecule has 46 heavy (non-hydrogen) atoms. The number of carbonyl (C=O) groups excluding carboxylic acids is 1. The number of nitrogens with one attached hydrogen (secondary N) is 1. The molecule has 0 aliphatic carbocycles. The fraction of sp³-hybridized carbons (Fsp3) is 0.514. The number of likely N-dealkylation sites (N-methyl/N-ethyl adjacent to an activating group) is 2. The van der Waals surface area contributed by atoms with Gasteiger partial charge < -0.3 is 20.9 Å². The van der Waals surface area contributed by atoms with E-state index < -0.39 is 21.5 Å². The highest BCUT2D eigenvalue weighted by molar-refractivity contribution is 7.89. The molecule has 0 bridgehead atoms. The zero-order valence-electron chi connectivity index (χ0n) is 30.0. The second-order valence-electron chi connectivity index (χ2n) is 14.6. The number of hydrogen-bond acceptors (Lipinski definition) is 5. The number of amidine groups is 1. The maximum atomic E-state index is 14.3. The number of rotatable bonds is 14. The minimum atomic E-state index is -3.87. The van der Waals surface area contributed by atoms with E-state index in [2.05, 4.69) is 47.2 Å². The van der Waals surface area contributed by atoms with E-state index in [4.69, 9.17) is 5.73 Å². The Morgan fingerprint density at radius 2 is 1.54 bits per heavy atom. The van der Waals surface area contributed by atoms with E-state index in [9.17, 15) is 13.2 Å². The Hall–Kier alpha value is -3.43. The molecule has 0 saturated carbocycles. The fourth-order valence-corrected chi connectivity index (χ4v) is 7.22. The minimum Gasteiger partial charge on any atom is -0.383 e. The molecule has 0 radical (unpaired) electrons. The smallest absolute Gasteiger partial charge is 0.259 e. The zero-order valence-corrected chi connectivity index (χ0v) is 30.9. The molecule has 1 amide bonds. The van der Waals surface area contributed by atoms with Gasteiger partial charge >= 0.3 is 0 Å². The first-order valence-corrected chi connectivity index (χ1v) is 17.5. The van der Waals surface area contributed by atoms with Crippen LogP contribution < -0.4 is 11.1 Å². The third-order valence-electron chi connectivity index (χ3n) is 8.63. The van der Waals surface area contributed by atoms with Crippen molar-refractivity contribution in [3.05, 3.63) is 95.2 Å². The minimum absolute atomic E-state index is 0.00985. The van der Waals surface area contributed by atoms with Gasteiger partial charge in [-0.15, -0.1) is 4.40 Å². The number of benzene rings is 2. The number of nitrogens with zero attached hydrogens (tertiary/aromatic N) is 3. The Balaban J connectivity index is 2.39. The van der Waals surface area contributed by atoms with Crippen LogP contribution in [0.4, 0.5) is 0 Å². The highest BCUT2D eigenvalue weighted by Gasteiger charge is 2.40. The third kappa shape index (κ3) is 10.0. The summed E-state index contributed by atoms with van der Waals surface area (Å²) in [5, 5.41) is 3.55. The summed E-state index contributed by atoms with van der Waals surface area (Å²) < 4.78 is 29.8. The van der Waals surface area contributed by atoms with Crippen LogP contribution in [-0.2, 0) is 26.0 Å². The van der Waals surface area contributed by atoms with Crippen molar-refractivity contribution in [2.45, 2.75) is 91.6 Å². The van der Waals surface area contributed by atoms with Gasteiger partial charge in [-0.05, 0) is 61.5 Å². The number of amides is 1. The largest absolute Gasteiger partial charge is 0.383 e. The molecule has 0 fully saturated rings. The lowest BCUT2D eigenvalue weighted by Gasteiger charge is -2.44. The number of hydrogen-bond donors (Lipinski definition) is 2. The number of carbonyl (C=O) groups is 1. The average molecular weight is 652 g/mol. The monoisotopic (exact) mass is 651 g/mol. The van der Waals surface area contributed by atoms with Crippen LogP contribution in [0.15, 0.2) is 82.9 Å². The second-order valence-corrected chi connectivity index (χ2v) is 16.2. The van der Waals surface area contributed by atoms with Gasteiger partial charge in [0.2, 0.25) is 5.91 Å². The molecule has 0 aromatic heterocycles. The summed E-state index contributed by atoms with van der Waals surface area (Å²) in [5.41, 5.74) is 9.45. The van der Waals surface area contributed by atoms with Crippen molar-refractivity contribution in [2.24, 2.45) is 21.5 Å². The summed E-state index contributed by atoms with van der Waals surface area (Å²) in [6.45, 7) is 22.6. The summed E-state index contributed by atoms with van der Waals surface area (Å²) in [4.78, 5) is 18.2. The van der Waals surface area contributed by atoms with Crippen LogP contribution in [0.1, 0.15) is 72.1 Å². The Kier molecular flexibility index (Phi) is 13.0. The van der Waals surface area contributed by atoms with Gasteiger partial charge in [0.05, 0.1) is 17.8 Å². The fourth-order valence-electron chi connectivity index (χ4n) is 6.00. The van der Waals surface area contributed by atoms with E-state index in [0.717, 1.165) is 11.3 Å². The molecule has 3 atom stereocenters. The van der Waals surface area contributed by atoms with Gasteiger partial charge in [-0.1, -0.05) is 116 Å². The molecule has 2 aromatic rings. The summed E-state index contributed by atoms with van der Waals surface area (Å²) in [5.74, 6) is -0.419. The van der Waals surface area contributed by atoms with Gasteiger partial charge in [0, 0.05) is 18.2 Å². The van der Waals surface area contributed by atoms with Crippen LogP contribution in [0.2, 0.25) is 0 Å². The second kappa shape index (κ2) is 15.4. The first kappa shape index (κ1) is 38.8. The quantitative estimate of drug-likeness (QED) is 0.191. The molecule has 3 N–H and O–H groups in total. The molecule has 254 valence electrons. The van der Waals surface area contributed by atoms with Crippen molar-refractivity contribution in [3.63, 3.8) is 0 Å². The predicted molar refractivity (Wildman–Crippen MR) is 193 cm³/mol. The maximum absolute atomic E-state index is 14.3. The van der Waals surface area contributed by atoms with Crippen molar-refractivity contribution in [3.8, 4) is 0 Å². The Morgan fingerprint density at radius 1 is 1.00 bits per heavy atom. The van der Waals surface area contributed by atoms with Crippen molar-refractivity contribution >= 4 is 21.8 Å². The lowest BCUT2D eigenvalue weighted by atomic mass is 9.75. The average Bonchev–Trinajstić information content (AvgIpc) is 2.94. The van der Waals surface area contributed by atoms with Gasteiger partial charge in [0.15, 0.2) is 0 Å². The van der Waals surface area contributed by atoms with E-state index in [0.29, 0.717) is 11.1 Å². The first-order chi connectivity index (χ1) is 21.1. The van der Waals surface area contributed by atoms with Crippen molar-refractivity contribution in [2.75, 3.05) is 21.1 Å². The van der Waals surface area contributed by atoms with Crippen LogP contribution in [-0.4, -0.2) is 69.2 Å². The number of sulfonamides is 1. The van der Waals surface area contributed by atoms with E-state index in [1.54, 1.807) is 31.0 Å². The Labute approximate surface area is 278 Å². The molecule has 2 rings (SSSR count). The Bertz CT molecular complexity index is 1520. The predicted octanol–water partition coefficient (Wildman–Crippen LogP) is 6.04. The van der Waals surface area contributed by atoms with Crippen molar-refractivity contribution in [1.82, 2.24) is 15.1 Å². The molecule has 8 nitrogen and oxygen atoms in total. The van der Waals surface area contributed by atoms with E-state index in [1.165, 1.54) is 5.56 Å². The van der Waals surface area contributed by atoms with E-state index in [1.807, 2.05) is 92.0 Å². The molecule has 0 spiro atoms. The van der Waals surface area contributed by atoms with Crippen LogP contribution in [0, 0.1) is 18.3 Å². The lowest BCUT2D eigenvalue weighted by molar-refractivity contribution is -0.136. The highest BCUT2D eigenvalue weighted by Crippen LogP contribution is 2.34. The summed E-state index contributed by atoms with van der Waals surface area (Å²) in [7, 11) is 1.96. The van der Waals surface area contributed by atoms with Crippen LogP contribution in [0.25, 0.3) is 0 Å². The third-order valence-corrected chi connectivity index (χ3v) is 9.78. The number of aryl methyl sites for hydroxylation is 1. The molecule has 2 aromatic carbocycles. The van der Waals surface area contributed by atoms with Gasteiger partial charge in [-0.3, -0.25) is 4.79 Å². The van der Waals surface area contributed by atoms with Gasteiger partial charge in [-0.2, -0.15) is 0 Å². The van der Waals surface area contributed by atoms with Gasteiger partial charge in [-0.25, -0.2) is 8.42 Å². The van der Waals surface area contributed by atoms with Crippen LogP contribution in [0.5, 0.6) is 0 Å². The molecule has 0 aliphatic heterocycles. The van der Waals surface area contributed by atoms with Crippen LogP contribution >= 0.6 is 0 Å². The summed E-state index contributed by atoms with van der Waals surface area (Å²) in [6, 6.07) is 16.5. The van der Waals surface area contributed by atoms with Crippen LogP contribution in [0.3, 0.4) is 0 Å². The summed E-state index contributed by atoms with van der Waals surface area (Å²) >= 11 is 0. The lowest BCUT2D eigenvalue weighted by Crippen LogP contribution is -2.57. The van der Waals surface area contributed by atoms with Gasteiger partial charge in [0.25, 0.3) is 10.0 Å². The summed E-state index contributed by atoms with van der Waals surface area (Å²) in [6.07, 6.45) is 1.83. The standard InChI is InChI=1S/C37H57N5O3S/c1-25(2)31(23-27(4)34(38)40-46(44,45)24-29-20-18-17-19-26(29)3)42(13)35(43)32(36(6,7)8)39-28(5)33(41(11)12)37(9,10)30-21-15-14-16-22-30/h14-23,25,31-33,39H,5,24H2,1-4,6-13H3,(H2,38,40)/b27-23+/t31-,32-,33-/m1/s1. The normalized spacial score (nSPS) is 15.4. The van der Waals surface area contributed by atoms with Crippen molar-refractivity contribution < 1.29 is 13.2 Å². The van der Waals surface area contributed by atoms with E-state index in [-0.39, 0.29) is 40.9 Å². The topological polar surface area (TPSA) is 108 Å². The zero-order chi connectivity index (χ0) is 35.2. The number of nitrogens with two attached hydrogens (primary N) is 1. The molecule has 0 unspecified atom stereocenters. The molecular weight excluding hydrogens is 595 g/mol. The Morgan fingerprint density at radius 3 is 2.04 bits per heavy atom. The first-order valence-electron chi connectivity index (χ1n) is 15.9. The van der Waals surface area contributed by atoms with E-state index >= 15 is 0 Å².